The lowest BCUT2D eigenvalue weighted by Crippen LogP contribution is -2.41. The smallest absolute Gasteiger partial charge is 0.408 e. The Hall–Kier alpha value is -2.57. The first kappa shape index (κ1) is 28.5. The van der Waals surface area contributed by atoms with Crippen LogP contribution in [0.5, 0.6) is 0 Å². The molecule has 2 N–H and O–H groups in total. The molecule has 0 saturated carbocycles. The molecule has 0 aromatic heterocycles. The Kier molecular flexibility index (Phi) is 9.52. The fraction of sp³-hybridized carbons (Fsp3) is 0.654. The zero-order valence-electron chi connectivity index (χ0n) is 22.0. The second-order valence-electron chi connectivity index (χ2n) is 11.3. The van der Waals surface area contributed by atoms with Crippen LogP contribution in [0.4, 0.5) is 4.79 Å². The summed E-state index contributed by atoms with van der Waals surface area (Å²) in [6, 6.07) is 5.64. The molecule has 1 aromatic carbocycles. The van der Waals surface area contributed by atoms with Crippen molar-refractivity contribution in [3.8, 4) is 0 Å². The summed E-state index contributed by atoms with van der Waals surface area (Å²) < 4.78 is 10.3. The molecule has 0 aliphatic heterocycles. The lowest BCUT2D eigenvalue weighted by molar-refractivity contribution is -0.143. The zero-order valence-corrected chi connectivity index (χ0v) is 22.0. The highest BCUT2D eigenvalue weighted by Gasteiger charge is 2.26. The van der Waals surface area contributed by atoms with Gasteiger partial charge in [0.05, 0.1) is 19.1 Å². The van der Waals surface area contributed by atoms with E-state index in [9.17, 15) is 14.4 Å². The number of alkyl carbamates (subject to hydrolysis) is 1. The maximum atomic E-state index is 12.7. The van der Waals surface area contributed by atoms with Crippen molar-refractivity contribution in [1.82, 2.24) is 10.6 Å². The number of esters is 1. The summed E-state index contributed by atoms with van der Waals surface area (Å²) in [5, 5.41) is 5.34. The third kappa shape index (κ3) is 10.3. The van der Waals surface area contributed by atoms with Gasteiger partial charge >= 0.3 is 12.1 Å². The third-order valence-corrected chi connectivity index (χ3v) is 4.89. The van der Waals surface area contributed by atoms with Crippen LogP contribution in [0, 0.1) is 0 Å². The van der Waals surface area contributed by atoms with E-state index in [2.05, 4.69) is 58.2 Å². The molecule has 1 rings (SSSR count). The lowest BCUT2D eigenvalue weighted by atomic mass is 9.78. The number of hydrogen-bond donors (Lipinski definition) is 2. The molecule has 0 radical (unpaired) electrons. The summed E-state index contributed by atoms with van der Waals surface area (Å²) >= 11 is 0. The normalized spacial score (nSPS) is 13.2. The minimum Gasteiger partial charge on any atom is -0.466 e. The Bertz CT molecular complexity index is 809. The van der Waals surface area contributed by atoms with E-state index in [0.717, 1.165) is 16.7 Å². The quantitative estimate of drug-likeness (QED) is 0.561. The van der Waals surface area contributed by atoms with E-state index >= 15 is 0 Å². The average molecular weight is 463 g/mol. The molecule has 186 valence electrons. The van der Waals surface area contributed by atoms with Crippen molar-refractivity contribution in [1.29, 1.82) is 0 Å². The molecule has 0 unspecified atom stereocenters. The number of carbonyl (C=O) groups excluding carboxylic acids is 3. The molecule has 33 heavy (non-hydrogen) atoms. The summed E-state index contributed by atoms with van der Waals surface area (Å²) in [5.74, 6) is -0.824. The largest absolute Gasteiger partial charge is 0.466 e. The van der Waals surface area contributed by atoms with Crippen LogP contribution in [0.3, 0.4) is 0 Å². The summed E-state index contributed by atoms with van der Waals surface area (Å²) in [7, 11) is 0. The molecule has 1 aromatic rings. The summed E-state index contributed by atoms with van der Waals surface area (Å²) in [5.41, 5.74) is 2.15. The van der Waals surface area contributed by atoms with Gasteiger partial charge in [-0.1, -0.05) is 59.7 Å². The second kappa shape index (κ2) is 11.0. The monoisotopic (exact) mass is 462 g/mol. The van der Waals surface area contributed by atoms with Crippen molar-refractivity contribution in [2.75, 3.05) is 13.2 Å². The Morgan fingerprint density at radius 1 is 0.879 bits per heavy atom. The van der Waals surface area contributed by atoms with E-state index in [-0.39, 0.29) is 30.4 Å². The van der Waals surface area contributed by atoms with E-state index in [0.29, 0.717) is 0 Å². The Balaban J connectivity index is 3.22. The second-order valence-corrected chi connectivity index (χ2v) is 11.3. The predicted octanol–water partition coefficient (Wildman–Crippen LogP) is 4.92. The zero-order chi connectivity index (χ0) is 25.6. The van der Waals surface area contributed by atoms with Gasteiger partial charge in [-0.3, -0.25) is 9.59 Å². The van der Waals surface area contributed by atoms with Crippen molar-refractivity contribution in [3.05, 3.63) is 34.9 Å². The van der Waals surface area contributed by atoms with Crippen molar-refractivity contribution in [3.63, 3.8) is 0 Å². The first-order valence-corrected chi connectivity index (χ1v) is 11.5. The number of benzene rings is 1. The van der Waals surface area contributed by atoms with Crippen molar-refractivity contribution in [2.45, 2.75) is 98.1 Å². The Labute approximate surface area is 199 Å². The number of nitrogens with one attached hydrogen (secondary N) is 2. The van der Waals surface area contributed by atoms with Gasteiger partial charge in [-0.15, -0.1) is 0 Å². The first-order chi connectivity index (χ1) is 14.9. The van der Waals surface area contributed by atoms with Crippen molar-refractivity contribution in [2.24, 2.45) is 0 Å². The van der Waals surface area contributed by atoms with Gasteiger partial charge in [0.2, 0.25) is 5.91 Å². The van der Waals surface area contributed by atoms with Crippen LogP contribution in [0.25, 0.3) is 0 Å². The fourth-order valence-electron chi connectivity index (χ4n) is 3.07. The van der Waals surface area contributed by atoms with Crippen LogP contribution < -0.4 is 10.6 Å². The lowest BCUT2D eigenvalue weighted by Gasteiger charge is -2.28. The van der Waals surface area contributed by atoms with Gasteiger partial charge in [0.1, 0.15) is 12.1 Å². The summed E-state index contributed by atoms with van der Waals surface area (Å²) in [6.07, 6.45) is -0.687. The third-order valence-electron chi connectivity index (χ3n) is 4.89. The highest BCUT2D eigenvalue weighted by Crippen LogP contribution is 2.33. The number of carbonyl (C=O) groups is 3. The molecule has 1 atom stereocenters. The molecule has 0 heterocycles. The molecule has 2 amide bonds. The van der Waals surface area contributed by atoms with Gasteiger partial charge in [-0.2, -0.15) is 0 Å². The Morgan fingerprint density at radius 2 is 1.39 bits per heavy atom. The number of amides is 2. The molecular formula is C26H42N2O5. The van der Waals surface area contributed by atoms with E-state index in [1.54, 1.807) is 27.7 Å². The SMILES string of the molecule is CCOC(=O)C[C@H](NC(=O)CNC(=O)OC(C)(C)C)c1cc(C(C)(C)C)cc(C(C)(C)C)c1. The molecule has 0 spiro atoms. The van der Waals surface area contributed by atoms with Crippen molar-refractivity contribution < 1.29 is 23.9 Å². The molecule has 0 saturated heterocycles. The first-order valence-electron chi connectivity index (χ1n) is 11.5. The van der Waals surface area contributed by atoms with Crippen LogP contribution in [0.2, 0.25) is 0 Å². The minimum absolute atomic E-state index is 0.0107. The molecular weight excluding hydrogens is 420 g/mol. The van der Waals surface area contributed by atoms with Gasteiger partial charge in [-0.05, 0) is 55.2 Å². The molecule has 7 heteroatoms. The minimum atomic E-state index is -0.677. The van der Waals surface area contributed by atoms with Crippen molar-refractivity contribution >= 4 is 18.0 Å². The van der Waals surface area contributed by atoms with Gasteiger partial charge in [0.25, 0.3) is 0 Å². The standard InChI is InChI=1S/C26H42N2O5/c1-11-32-22(30)15-20(28-21(29)16-27-23(31)33-26(8,9)10)17-12-18(24(2,3)4)14-19(13-17)25(5,6)7/h12-14,20H,11,15-16H2,1-10H3,(H,27,31)(H,28,29)/t20-/m0/s1. The summed E-state index contributed by atoms with van der Waals surface area (Å²) in [4.78, 5) is 36.9. The molecule has 0 aliphatic rings. The van der Waals surface area contributed by atoms with Gasteiger partial charge in [0, 0.05) is 0 Å². The van der Waals surface area contributed by atoms with Gasteiger partial charge in [-0.25, -0.2) is 4.79 Å². The molecule has 0 fully saturated rings. The van der Waals surface area contributed by atoms with E-state index in [1.807, 2.05) is 12.1 Å². The number of ether oxygens (including phenoxy) is 2. The number of hydrogen-bond acceptors (Lipinski definition) is 5. The van der Waals surface area contributed by atoms with Crippen LogP contribution in [-0.2, 0) is 29.9 Å². The molecule has 0 bridgehead atoms. The van der Waals surface area contributed by atoms with Crippen LogP contribution in [0.1, 0.15) is 98.4 Å². The van der Waals surface area contributed by atoms with E-state index < -0.39 is 29.6 Å². The van der Waals surface area contributed by atoms with Gasteiger partial charge < -0.3 is 20.1 Å². The fourth-order valence-corrected chi connectivity index (χ4v) is 3.07. The summed E-state index contributed by atoms with van der Waals surface area (Å²) in [6.45, 7) is 19.7. The number of rotatable bonds is 7. The average Bonchev–Trinajstić information content (AvgIpc) is 2.63. The molecule has 0 aliphatic carbocycles. The maximum absolute atomic E-state index is 12.7. The van der Waals surface area contributed by atoms with Crippen LogP contribution in [0.15, 0.2) is 18.2 Å². The maximum Gasteiger partial charge on any atom is 0.408 e. The van der Waals surface area contributed by atoms with E-state index in [1.165, 1.54) is 0 Å². The topological polar surface area (TPSA) is 93.7 Å². The van der Waals surface area contributed by atoms with Gasteiger partial charge in [0.15, 0.2) is 0 Å². The highest BCUT2D eigenvalue weighted by molar-refractivity contribution is 5.83. The van der Waals surface area contributed by atoms with E-state index in [4.69, 9.17) is 9.47 Å². The van der Waals surface area contributed by atoms with Crippen LogP contribution in [-0.4, -0.2) is 36.7 Å². The highest BCUT2D eigenvalue weighted by atomic mass is 16.6. The Morgan fingerprint density at radius 3 is 1.82 bits per heavy atom. The predicted molar refractivity (Wildman–Crippen MR) is 130 cm³/mol. The molecule has 7 nitrogen and oxygen atoms in total. The van der Waals surface area contributed by atoms with Crippen LogP contribution >= 0.6 is 0 Å².